The molecule has 0 spiro atoms. The molecule has 82 valence electrons. The molecular formula is C12H10FIN2. The van der Waals surface area contributed by atoms with E-state index < -0.39 is 0 Å². The predicted octanol–water partition coefficient (Wildman–Crippen LogP) is 3.76. The molecule has 0 aliphatic heterocycles. The lowest BCUT2D eigenvalue weighted by Gasteiger charge is -2.09. The number of hydrogen-bond acceptors (Lipinski definition) is 2. The van der Waals surface area contributed by atoms with Crippen LogP contribution in [0.1, 0.15) is 0 Å². The van der Waals surface area contributed by atoms with Gasteiger partial charge in [0.1, 0.15) is 5.82 Å². The normalized spacial score (nSPS) is 10.1. The van der Waals surface area contributed by atoms with Crippen molar-refractivity contribution in [1.29, 1.82) is 0 Å². The second-order valence-electron chi connectivity index (χ2n) is 3.37. The highest BCUT2D eigenvalue weighted by atomic mass is 127. The number of nitrogens with one attached hydrogen (secondary N) is 1. The van der Waals surface area contributed by atoms with Crippen LogP contribution in [0.3, 0.4) is 0 Å². The van der Waals surface area contributed by atoms with Crippen molar-refractivity contribution < 1.29 is 4.39 Å². The molecule has 0 aliphatic carbocycles. The van der Waals surface area contributed by atoms with Crippen LogP contribution in [0.2, 0.25) is 0 Å². The highest BCUT2D eigenvalue weighted by Gasteiger charge is 2.01. The zero-order valence-electron chi connectivity index (χ0n) is 8.37. The molecule has 0 heterocycles. The van der Waals surface area contributed by atoms with Gasteiger partial charge in [-0.05, 0) is 59.0 Å². The first-order chi connectivity index (χ1) is 7.65. The molecule has 2 aromatic rings. The molecule has 0 bridgehead atoms. The van der Waals surface area contributed by atoms with Gasteiger partial charge >= 0.3 is 0 Å². The van der Waals surface area contributed by atoms with Crippen molar-refractivity contribution in [1.82, 2.24) is 0 Å². The maximum absolute atomic E-state index is 12.8. The summed E-state index contributed by atoms with van der Waals surface area (Å²) in [5, 5.41) is 3.14. The molecule has 2 nitrogen and oxygen atoms in total. The van der Waals surface area contributed by atoms with E-state index in [1.165, 1.54) is 12.1 Å². The number of rotatable bonds is 2. The molecule has 0 amide bonds. The van der Waals surface area contributed by atoms with E-state index in [1.807, 2.05) is 24.3 Å². The van der Waals surface area contributed by atoms with Crippen molar-refractivity contribution in [2.75, 3.05) is 11.1 Å². The van der Waals surface area contributed by atoms with Crippen molar-refractivity contribution in [3.05, 3.63) is 51.9 Å². The number of nitrogen functional groups attached to an aromatic ring is 1. The molecule has 0 saturated heterocycles. The van der Waals surface area contributed by atoms with E-state index in [1.54, 1.807) is 6.07 Å². The predicted molar refractivity (Wildman–Crippen MR) is 73.3 cm³/mol. The number of halogens is 2. The first kappa shape index (κ1) is 11.2. The van der Waals surface area contributed by atoms with Crippen molar-refractivity contribution in [2.24, 2.45) is 0 Å². The van der Waals surface area contributed by atoms with Gasteiger partial charge in [-0.15, -0.1) is 0 Å². The maximum Gasteiger partial charge on any atom is 0.125 e. The number of nitrogens with two attached hydrogens (primary N) is 1. The van der Waals surface area contributed by atoms with Crippen molar-refractivity contribution >= 4 is 39.7 Å². The second-order valence-corrected chi connectivity index (χ2v) is 4.61. The molecule has 3 N–H and O–H groups in total. The van der Waals surface area contributed by atoms with E-state index in [9.17, 15) is 4.39 Å². The van der Waals surface area contributed by atoms with Crippen LogP contribution in [0, 0.1) is 9.39 Å². The van der Waals surface area contributed by atoms with Gasteiger partial charge in [-0.1, -0.05) is 6.07 Å². The van der Waals surface area contributed by atoms with Gasteiger partial charge in [0, 0.05) is 9.26 Å². The van der Waals surface area contributed by atoms with Gasteiger partial charge in [0.2, 0.25) is 0 Å². The molecule has 0 atom stereocenters. The van der Waals surface area contributed by atoms with E-state index in [-0.39, 0.29) is 5.82 Å². The van der Waals surface area contributed by atoms with Crippen LogP contribution in [0.25, 0.3) is 0 Å². The quantitative estimate of drug-likeness (QED) is 0.651. The SMILES string of the molecule is Nc1cc(F)ccc1Nc1cccc(I)c1. The summed E-state index contributed by atoms with van der Waals surface area (Å²) in [6.07, 6.45) is 0. The lowest BCUT2D eigenvalue weighted by molar-refractivity contribution is 0.628. The minimum absolute atomic E-state index is 0.328. The Morgan fingerprint density at radius 3 is 2.62 bits per heavy atom. The Morgan fingerprint density at radius 2 is 1.94 bits per heavy atom. The summed E-state index contributed by atoms with van der Waals surface area (Å²) in [4.78, 5) is 0. The van der Waals surface area contributed by atoms with Gasteiger partial charge in [0.25, 0.3) is 0 Å². The number of anilines is 3. The first-order valence-corrected chi connectivity index (χ1v) is 5.80. The van der Waals surface area contributed by atoms with E-state index in [0.717, 1.165) is 9.26 Å². The van der Waals surface area contributed by atoms with Gasteiger partial charge in [-0.25, -0.2) is 4.39 Å². The molecule has 0 saturated carbocycles. The standard InChI is InChI=1S/C12H10FIN2/c13-8-4-5-12(11(15)6-8)16-10-3-1-2-9(14)7-10/h1-7,16H,15H2. The Bertz CT molecular complexity index is 514. The van der Waals surface area contributed by atoms with Crippen LogP contribution in [0.5, 0.6) is 0 Å². The fourth-order valence-corrected chi connectivity index (χ4v) is 1.91. The largest absolute Gasteiger partial charge is 0.397 e. The summed E-state index contributed by atoms with van der Waals surface area (Å²) < 4.78 is 14.0. The zero-order valence-corrected chi connectivity index (χ0v) is 10.5. The van der Waals surface area contributed by atoms with E-state index in [4.69, 9.17) is 5.73 Å². The lowest BCUT2D eigenvalue weighted by atomic mass is 10.2. The average molecular weight is 328 g/mol. The monoisotopic (exact) mass is 328 g/mol. The Hall–Kier alpha value is -1.30. The topological polar surface area (TPSA) is 38.0 Å². The molecular weight excluding hydrogens is 318 g/mol. The Morgan fingerprint density at radius 1 is 1.12 bits per heavy atom. The lowest BCUT2D eigenvalue weighted by Crippen LogP contribution is -1.96. The van der Waals surface area contributed by atoms with Gasteiger partial charge < -0.3 is 11.1 Å². The van der Waals surface area contributed by atoms with Gasteiger partial charge in [-0.2, -0.15) is 0 Å². The highest BCUT2D eigenvalue weighted by Crippen LogP contribution is 2.24. The summed E-state index contributed by atoms with van der Waals surface area (Å²) in [5.74, 6) is -0.328. The van der Waals surface area contributed by atoms with Crippen molar-refractivity contribution in [3.8, 4) is 0 Å². The fraction of sp³-hybridized carbons (Fsp3) is 0. The minimum Gasteiger partial charge on any atom is -0.397 e. The number of hydrogen-bond donors (Lipinski definition) is 2. The summed E-state index contributed by atoms with van der Waals surface area (Å²) in [6.45, 7) is 0. The Labute approximate surface area is 107 Å². The van der Waals surface area contributed by atoms with Crippen LogP contribution < -0.4 is 11.1 Å². The molecule has 16 heavy (non-hydrogen) atoms. The molecule has 4 heteroatoms. The van der Waals surface area contributed by atoms with Crippen LogP contribution >= 0.6 is 22.6 Å². The second kappa shape index (κ2) is 4.69. The van der Waals surface area contributed by atoms with Crippen molar-refractivity contribution in [3.63, 3.8) is 0 Å². The van der Waals surface area contributed by atoms with E-state index >= 15 is 0 Å². The molecule has 2 aromatic carbocycles. The van der Waals surface area contributed by atoms with E-state index in [2.05, 4.69) is 27.9 Å². The van der Waals surface area contributed by atoms with Crippen LogP contribution in [-0.2, 0) is 0 Å². The van der Waals surface area contributed by atoms with Crippen LogP contribution in [0.4, 0.5) is 21.5 Å². The smallest absolute Gasteiger partial charge is 0.125 e. The molecule has 0 radical (unpaired) electrons. The third-order valence-electron chi connectivity index (χ3n) is 2.12. The molecule has 0 unspecified atom stereocenters. The summed E-state index contributed by atoms with van der Waals surface area (Å²) >= 11 is 2.23. The summed E-state index contributed by atoms with van der Waals surface area (Å²) in [6, 6.07) is 12.2. The fourth-order valence-electron chi connectivity index (χ4n) is 1.37. The molecule has 0 fully saturated rings. The highest BCUT2D eigenvalue weighted by molar-refractivity contribution is 14.1. The Balaban J connectivity index is 2.27. The average Bonchev–Trinajstić information content (AvgIpc) is 2.22. The summed E-state index contributed by atoms with van der Waals surface area (Å²) in [5.41, 5.74) is 7.75. The van der Waals surface area contributed by atoms with Crippen LogP contribution in [0.15, 0.2) is 42.5 Å². The molecule has 0 aliphatic rings. The van der Waals surface area contributed by atoms with Crippen LogP contribution in [-0.4, -0.2) is 0 Å². The summed E-state index contributed by atoms with van der Waals surface area (Å²) in [7, 11) is 0. The number of benzene rings is 2. The molecule has 0 aromatic heterocycles. The maximum atomic E-state index is 12.8. The third kappa shape index (κ3) is 2.63. The minimum atomic E-state index is -0.328. The molecule has 2 rings (SSSR count). The zero-order chi connectivity index (χ0) is 11.5. The van der Waals surface area contributed by atoms with E-state index in [0.29, 0.717) is 11.4 Å². The van der Waals surface area contributed by atoms with Gasteiger partial charge in [0.05, 0.1) is 11.4 Å². The van der Waals surface area contributed by atoms with Gasteiger partial charge in [0.15, 0.2) is 0 Å². The van der Waals surface area contributed by atoms with Crippen molar-refractivity contribution in [2.45, 2.75) is 0 Å². The Kier molecular flexibility index (Phi) is 3.28. The first-order valence-electron chi connectivity index (χ1n) is 4.73. The third-order valence-corrected chi connectivity index (χ3v) is 2.79. The van der Waals surface area contributed by atoms with Gasteiger partial charge in [-0.3, -0.25) is 0 Å².